The monoisotopic (exact) mass is 1050 g/mol. The van der Waals surface area contributed by atoms with E-state index in [2.05, 4.69) is 31.3 Å². The molecule has 0 aromatic heterocycles. The number of aliphatic hydroxyl groups excluding tert-OH is 6. The molecule has 0 saturated carbocycles. The maximum absolute atomic E-state index is 13.1. The summed E-state index contributed by atoms with van der Waals surface area (Å²) in [6.07, 6.45) is 59.2. The van der Waals surface area contributed by atoms with Crippen LogP contribution < -0.4 is 5.32 Å². The molecule has 0 aromatic carbocycles. The number of carbonyl (C=O) groups excluding carboxylic acids is 1. The fourth-order valence-electron chi connectivity index (χ4n) is 10.5. The van der Waals surface area contributed by atoms with Gasteiger partial charge in [0.2, 0.25) is 5.91 Å². The second-order valence-corrected chi connectivity index (χ2v) is 22.7. The van der Waals surface area contributed by atoms with Crippen molar-refractivity contribution >= 4 is 5.91 Å². The molecule has 0 aromatic rings. The molecule has 0 aliphatic carbocycles. The molecule has 74 heavy (non-hydrogen) atoms. The van der Waals surface area contributed by atoms with Crippen molar-refractivity contribution in [1.29, 1.82) is 0 Å². The number of carbonyl (C=O) groups is 1. The van der Waals surface area contributed by atoms with E-state index in [0.717, 1.165) is 38.5 Å². The van der Waals surface area contributed by atoms with Crippen LogP contribution in [0.2, 0.25) is 0 Å². The lowest BCUT2D eigenvalue weighted by Gasteiger charge is -2.40. The van der Waals surface area contributed by atoms with Crippen molar-refractivity contribution in [3.8, 4) is 0 Å². The highest BCUT2D eigenvalue weighted by molar-refractivity contribution is 5.80. The van der Waals surface area contributed by atoms with E-state index in [1.165, 1.54) is 250 Å². The van der Waals surface area contributed by atoms with Crippen LogP contribution in [0.25, 0.3) is 0 Å². The van der Waals surface area contributed by atoms with Crippen LogP contribution in [-0.2, 0) is 14.3 Å². The van der Waals surface area contributed by atoms with Gasteiger partial charge in [0, 0.05) is 0 Å². The number of ether oxygens (including phenoxy) is 2. The predicted octanol–water partition coefficient (Wildman–Crippen LogP) is 15.5. The first kappa shape index (κ1) is 70.6. The van der Waals surface area contributed by atoms with E-state index in [4.69, 9.17) is 9.47 Å². The average Bonchev–Trinajstić information content (AvgIpc) is 3.40. The Labute approximate surface area is 456 Å². The molecule has 0 bridgehead atoms. The summed E-state index contributed by atoms with van der Waals surface area (Å²) in [4.78, 5) is 13.1. The maximum atomic E-state index is 13.1. The summed E-state index contributed by atoms with van der Waals surface area (Å²) in [6.45, 7) is 3.60. The van der Waals surface area contributed by atoms with Crippen molar-refractivity contribution in [2.45, 2.75) is 365 Å². The van der Waals surface area contributed by atoms with E-state index >= 15 is 0 Å². The topological polar surface area (TPSA) is 169 Å². The summed E-state index contributed by atoms with van der Waals surface area (Å²) in [7, 11) is 0. The van der Waals surface area contributed by atoms with Crippen molar-refractivity contribution in [2.75, 3.05) is 13.2 Å². The summed E-state index contributed by atoms with van der Waals surface area (Å²) in [5, 5.41) is 64.9. The molecule has 8 unspecified atom stereocenters. The van der Waals surface area contributed by atoms with Gasteiger partial charge < -0.3 is 45.4 Å². The number of hydrogen-bond acceptors (Lipinski definition) is 9. The van der Waals surface area contributed by atoms with Crippen LogP contribution in [0.5, 0.6) is 0 Å². The minimum absolute atomic E-state index is 0.308. The lowest BCUT2D eigenvalue weighted by molar-refractivity contribution is -0.302. The molecule has 1 aliphatic heterocycles. The second-order valence-electron chi connectivity index (χ2n) is 22.7. The highest BCUT2D eigenvalue weighted by atomic mass is 16.7. The van der Waals surface area contributed by atoms with E-state index in [9.17, 15) is 35.4 Å². The number of allylic oxidation sites excluding steroid dienone is 3. The summed E-state index contributed by atoms with van der Waals surface area (Å²) >= 11 is 0. The Morgan fingerprint density at radius 2 is 0.797 bits per heavy atom. The Balaban J connectivity index is 2.03. The molecule has 0 radical (unpaired) electrons. The van der Waals surface area contributed by atoms with Crippen LogP contribution in [0.4, 0.5) is 0 Å². The van der Waals surface area contributed by atoms with Crippen molar-refractivity contribution in [1.82, 2.24) is 5.32 Å². The normalized spacial score (nSPS) is 19.5. The van der Waals surface area contributed by atoms with Crippen LogP contribution in [-0.4, -0.2) is 98.7 Å². The zero-order valence-electron chi connectivity index (χ0n) is 48.5. The molecule has 1 amide bonds. The first-order valence-electron chi connectivity index (χ1n) is 32.2. The SMILES string of the molecule is CCCCCCC/C=C/CC/C=C/C(O)C(COC1OC(CO)C(O)C(O)C1O)NC(=O)C(O)CCCCCCCCCCCCCCCCCCCCCCCCCCCCCCCCCCCCCCCC. The second kappa shape index (κ2) is 53.6. The van der Waals surface area contributed by atoms with Gasteiger partial charge in [-0.05, 0) is 32.1 Å². The van der Waals surface area contributed by atoms with Gasteiger partial charge in [-0.1, -0.05) is 308 Å². The molecular formula is C64H123NO9. The summed E-state index contributed by atoms with van der Waals surface area (Å²) in [5.41, 5.74) is 0. The molecule has 1 fully saturated rings. The highest BCUT2D eigenvalue weighted by Crippen LogP contribution is 2.23. The Hall–Kier alpha value is -1.37. The predicted molar refractivity (Wildman–Crippen MR) is 310 cm³/mol. The zero-order valence-corrected chi connectivity index (χ0v) is 48.5. The van der Waals surface area contributed by atoms with Crippen molar-refractivity contribution in [3.05, 3.63) is 24.3 Å². The first-order chi connectivity index (χ1) is 36.3. The first-order valence-corrected chi connectivity index (χ1v) is 32.2. The lowest BCUT2D eigenvalue weighted by atomic mass is 9.99. The van der Waals surface area contributed by atoms with E-state index in [0.29, 0.717) is 12.8 Å². The quantitative estimate of drug-likeness (QED) is 0.0232. The largest absolute Gasteiger partial charge is 0.394 e. The van der Waals surface area contributed by atoms with E-state index in [1.54, 1.807) is 6.08 Å². The van der Waals surface area contributed by atoms with Crippen LogP contribution in [0.3, 0.4) is 0 Å². The summed E-state index contributed by atoms with van der Waals surface area (Å²) < 4.78 is 11.2. The Morgan fingerprint density at radius 1 is 0.459 bits per heavy atom. The van der Waals surface area contributed by atoms with Gasteiger partial charge in [0.25, 0.3) is 0 Å². The number of amides is 1. The van der Waals surface area contributed by atoms with E-state index < -0.39 is 61.5 Å². The van der Waals surface area contributed by atoms with Gasteiger partial charge in [-0.3, -0.25) is 4.79 Å². The smallest absolute Gasteiger partial charge is 0.249 e. The molecule has 10 nitrogen and oxygen atoms in total. The molecule has 1 heterocycles. The Morgan fingerprint density at radius 3 is 1.18 bits per heavy atom. The zero-order chi connectivity index (χ0) is 53.8. The van der Waals surface area contributed by atoms with Crippen LogP contribution in [0.15, 0.2) is 24.3 Å². The van der Waals surface area contributed by atoms with Crippen LogP contribution >= 0.6 is 0 Å². The van der Waals surface area contributed by atoms with Crippen LogP contribution in [0.1, 0.15) is 316 Å². The molecule has 1 saturated heterocycles. The van der Waals surface area contributed by atoms with Crippen molar-refractivity contribution in [2.24, 2.45) is 0 Å². The molecule has 1 rings (SSSR count). The van der Waals surface area contributed by atoms with Crippen molar-refractivity contribution < 1.29 is 44.9 Å². The third-order valence-corrected chi connectivity index (χ3v) is 15.6. The van der Waals surface area contributed by atoms with Crippen LogP contribution in [0, 0.1) is 0 Å². The fourth-order valence-corrected chi connectivity index (χ4v) is 10.5. The standard InChI is InChI=1S/C64H123NO9/c1-3-5-7-9-11-13-15-16-17-18-19-20-21-22-23-24-25-26-27-28-29-30-31-32-33-34-35-36-37-38-39-40-41-43-45-47-49-51-53-58(68)63(72)65-56(55-73-64-62(71)61(70)60(69)59(54-66)74-64)57(67)52-50-48-46-44-42-14-12-10-8-6-4-2/h42,44,50,52,56-62,64,66-71H,3-41,43,45-49,51,53-55H2,1-2H3,(H,65,72)/b44-42+,52-50+. The van der Waals surface area contributed by atoms with Gasteiger partial charge in [0.05, 0.1) is 25.4 Å². The van der Waals surface area contributed by atoms with Crippen molar-refractivity contribution in [3.63, 3.8) is 0 Å². The number of unbranched alkanes of at least 4 members (excludes halogenated alkanes) is 43. The van der Waals surface area contributed by atoms with Gasteiger partial charge in [-0.25, -0.2) is 0 Å². The van der Waals surface area contributed by atoms with Gasteiger partial charge in [-0.15, -0.1) is 0 Å². The fraction of sp³-hybridized carbons (Fsp3) is 0.922. The molecule has 8 atom stereocenters. The molecule has 10 heteroatoms. The minimum atomic E-state index is -1.61. The minimum Gasteiger partial charge on any atom is -0.394 e. The number of aliphatic hydroxyl groups is 6. The third-order valence-electron chi connectivity index (χ3n) is 15.6. The third kappa shape index (κ3) is 41.7. The van der Waals surface area contributed by atoms with Gasteiger partial charge >= 0.3 is 0 Å². The summed E-state index contributed by atoms with van der Waals surface area (Å²) in [5.74, 6) is -0.622. The maximum Gasteiger partial charge on any atom is 0.249 e. The molecule has 438 valence electrons. The summed E-state index contributed by atoms with van der Waals surface area (Å²) in [6, 6.07) is -0.993. The Kier molecular flexibility index (Phi) is 51.2. The number of hydrogen-bond donors (Lipinski definition) is 7. The molecular weight excluding hydrogens is 927 g/mol. The Bertz CT molecular complexity index is 1230. The van der Waals surface area contributed by atoms with E-state index in [1.807, 2.05) is 6.08 Å². The van der Waals surface area contributed by atoms with Gasteiger partial charge in [0.1, 0.15) is 30.5 Å². The number of nitrogens with one attached hydrogen (secondary N) is 1. The van der Waals surface area contributed by atoms with Gasteiger partial charge in [-0.2, -0.15) is 0 Å². The molecule has 7 N–H and O–H groups in total. The number of rotatable bonds is 56. The van der Waals surface area contributed by atoms with E-state index in [-0.39, 0.29) is 6.61 Å². The average molecular weight is 1050 g/mol. The molecule has 1 aliphatic rings. The highest BCUT2D eigenvalue weighted by Gasteiger charge is 2.44. The lowest BCUT2D eigenvalue weighted by Crippen LogP contribution is -2.60. The van der Waals surface area contributed by atoms with Gasteiger partial charge in [0.15, 0.2) is 6.29 Å². The molecule has 0 spiro atoms.